The number of likely N-dealkylation sites (N-methyl/N-ethyl adjacent to an activating group) is 2. The topological polar surface area (TPSA) is 123 Å². The minimum atomic E-state index is -3.93. The Hall–Kier alpha value is -2.91. The lowest BCUT2D eigenvalue weighted by Crippen LogP contribution is -2.60. The van der Waals surface area contributed by atoms with Gasteiger partial charge < -0.3 is 24.5 Å². The molecule has 3 saturated heterocycles. The van der Waals surface area contributed by atoms with Gasteiger partial charge in [0.15, 0.2) is 17.2 Å². The van der Waals surface area contributed by atoms with Crippen LogP contribution in [0, 0.1) is 22.7 Å². The molecule has 1 aromatic rings. The summed E-state index contributed by atoms with van der Waals surface area (Å²) < 4.78 is 32.1. The molecule has 296 valence electrons. The number of fused-ring (bicyclic) bond motifs is 5. The molecular weight excluding hydrogens is 705 g/mol. The Morgan fingerprint density at radius 2 is 1.43 bits per heavy atom. The molecule has 1 aromatic heterocycles. The molecule has 0 amide bonds. The summed E-state index contributed by atoms with van der Waals surface area (Å²) in [4.78, 5) is 51.2. The molecule has 13 nitrogen and oxygen atoms in total. The van der Waals surface area contributed by atoms with Crippen LogP contribution in [-0.4, -0.2) is 156 Å². The lowest BCUT2D eigenvalue weighted by atomic mass is 9.50. The van der Waals surface area contributed by atoms with Crippen LogP contribution in [0.15, 0.2) is 29.4 Å². The van der Waals surface area contributed by atoms with Crippen molar-refractivity contribution < 1.29 is 22.2 Å². The fraction of sp³-hybridized carbons (Fsp3) is 0.750. The molecule has 14 heteroatoms. The van der Waals surface area contributed by atoms with Gasteiger partial charge in [0.25, 0.3) is 10.1 Å². The Labute approximate surface area is 321 Å². The van der Waals surface area contributed by atoms with Gasteiger partial charge in [-0.25, -0.2) is 0 Å². The summed E-state index contributed by atoms with van der Waals surface area (Å²) in [6.07, 6.45) is 10.2. The van der Waals surface area contributed by atoms with Gasteiger partial charge in [-0.15, -0.1) is 0 Å². The number of carbonyl (C=O) groups is 2. The van der Waals surface area contributed by atoms with E-state index in [0.717, 1.165) is 102 Å². The van der Waals surface area contributed by atoms with Crippen LogP contribution in [-0.2, 0) is 23.9 Å². The third kappa shape index (κ3) is 6.81. The number of hydrogen-bond donors (Lipinski definition) is 0. The van der Waals surface area contributed by atoms with E-state index < -0.39 is 21.1 Å². The van der Waals surface area contributed by atoms with Gasteiger partial charge in [-0.3, -0.25) is 18.7 Å². The van der Waals surface area contributed by atoms with Gasteiger partial charge in [-0.1, -0.05) is 31.1 Å². The maximum Gasteiger partial charge on any atom is 0.265 e. The first-order valence-corrected chi connectivity index (χ1v) is 22.1. The molecule has 3 aliphatic heterocycles. The van der Waals surface area contributed by atoms with Crippen LogP contribution >= 0.6 is 0 Å². The number of aromatic nitrogens is 2. The fourth-order valence-corrected chi connectivity index (χ4v) is 12.0. The number of anilines is 3. The van der Waals surface area contributed by atoms with Crippen molar-refractivity contribution in [2.75, 3.05) is 120 Å². The zero-order valence-corrected chi connectivity index (χ0v) is 33.9. The second-order valence-electron chi connectivity index (χ2n) is 17.8. The number of hydrogen-bond acceptors (Lipinski definition) is 13. The first-order valence-electron chi connectivity index (χ1n) is 20.3. The normalized spacial score (nSPS) is 34.2. The Balaban J connectivity index is 1.000. The molecule has 0 bridgehead atoms. The Bertz CT molecular complexity index is 1770. The summed E-state index contributed by atoms with van der Waals surface area (Å²) in [5, 5.41) is 0. The van der Waals surface area contributed by atoms with Crippen LogP contribution < -0.4 is 14.7 Å². The molecule has 54 heavy (non-hydrogen) atoms. The van der Waals surface area contributed by atoms with Crippen LogP contribution in [0.4, 0.5) is 17.6 Å². The van der Waals surface area contributed by atoms with Crippen molar-refractivity contribution in [1.82, 2.24) is 24.7 Å². The lowest BCUT2D eigenvalue weighted by Gasteiger charge is -2.55. The van der Waals surface area contributed by atoms with Crippen LogP contribution in [0.5, 0.6) is 0 Å². The number of Topliss-reactive ketones (excluding diaryl/α,β-unsaturated/α-hetero) is 1. The van der Waals surface area contributed by atoms with E-state index in [1.54, 1.807) is 0 Å². The van der Waals surface area contributed by atoms with Gasteiger partial charge in [0, 0.05) is 102 Å². The van der Waals surface area contributed by atoms with Gasteiger partial charge >= 0.3 is 0 Å². The van der Waals surface area contributed by atoms with Gasteiger partial charge in [0.1, 0.15) is 11.6 Å². The number of nitrogens with zero attached hydrogens (tertiary/aromatic N) is 8. The number of carbonyl (C=O) groups excluding carboxylic acids is 2. The molecule has 7 aliphatic rings. The van der Waals surface area contributed by atoms with Crippen molar-refractivity contribution in [1.29, 1.82) is 0 Å². The minimum Gasteiger partial charge on any atom is -0.354 e. The predicted molar refractivity (Wildman–Crippen MR) is 210 cm³/mol. The SMILES string of the molecule is CN1CCN(c2cc(N3CCN(CC(=O)[C@]4(OS(C)(=O)=O)CC[C@H]5[C@@H]6CCC7=CC(=O)CC[C@]7(C)C6=CC[C@@]54C)CC3)nc(N3CCN(C)CC3)n2)CC1. The second-order valence-corrected chi connectivity index (χ2v) is 19.4. The van der Waals surface area contributed by atoms with Crippen molar-refractivity contribution in [3.63, 3.8) is 0 Å². The van der Waals surface area contributed by atoms with Crippen LogP contribution in [0.2, 0.25) is 0 Å². The van der Waals surface area contributed by atoms with E-state index in [0.29, 0.717) is 45.4 Å². The molecule has 0 unspecified atom stereocenters. The van der Waals surface area contributed by atoms with E-state index in [2.05, 4.69) is 69.5 Å². The number of allylic oxidation sites excluding steroid dienone is 4. The standard InChI is InChI=1S/C40H60N8O5S/c1-38-11-8-30(49)26-29(38)6-7-31-32(38)9-12-39(2)33(31)10-13-40(39,53-54(5,51)52)34(50)28-45-18-24-47(25-19-45)36-27-35(46-20-14-43(3)15-21-46)41-37(42-36)48-22-16-44(4)17-23-48/h9,26-27,31,33H,6-8,10-25,28H2,1-5H3/t31-,33+,38+,39+,40-/m1/s1. The Morgan fingerprint density at radius 3 is 2.04 bits per heavy atom. The highest BCUT2D eigenvalue weighted by atomic mass is 32.2. The summed E-state index contributed by atoms with van der Waals surface area (Å²) in [6, 6.07) is 2.14. The van der Waals surface area contributed by atoms with Crippen molar-refractivity contribution >= 4 is 39.3 Å². The average Bonchev–Trinajstić information content (AvgIpc) is 3.44. The highest BCUT2D eigenvalue weighted by molar-refractivity contribution is 7.86. The monoisotopic (exact) mass is 764 g/mol. The molecule has 5 atom stereocenters. The van der Waals surface area contributed by atoms with Crippen molar-refractivity contribution in [3.05, 3.63) is 29.4 Å². The highest BCUT2D eigenvalue weighted by Crippen LogP contribution is 2.66. The van der Waals surface area contributed by atoms with E-state index in [1.165, 1.54) is 11.1 Å². The highest BCUT2D eigenvalue weighted by Gasteiger charge is 2.67. The molecule has 5 fully saturated rings. The van der Waals surface area contributed by atoms with E-state index >= 15 is 0 Å². The third-order valence-corrected chi connectivity index (χ3v) is 15.2. The molecular formula is C40H60N8O5S. The second kappa shape index (κ2) is 14.2. The zero-order valence-electron chi connectivity index (χ0n) is 33.1. The number of ketones is 2. The van der Waals surface area contributed by atoms with E-state index in [-0.39, 0.29) is 35.4 Å². The van der Waals surface area contributed by atoms with Gasteiger partial charge in [0.05, 0.1) is 12.8 Å². The smallest absolute Gasteiger partial charge is 0.265 e. The molecule has 0 radical (unpaired) electrons. The summed E-state index contributed by atoms with van der Waals surface area (Å²) >= 11 is 0. The van der Waals surface area contributed by atoms with E-state index in [1.807, 2.05) is 6.08 Å². The zero-order chi connectivity index (χ0) is 38.0. The lowest BCUT2D eigenvalue weighted by molar-refractivity contribution is -0.148. The molecule has 2 saturated carbocycles. The van der Waals surface area contributed by atoms with Crippen LogP contribution in [0.1, 0.15) is 58.8 Å². The average molecular weight is 765 g/mol. The quantitative estimate of drug-likeness (QED) is 0.285. The predicted octanol–water partition coefficient (Wildman–Crippen LogP) is 2.84. The number of rotatable bonds is 8. The molecule has 8 rings (SSSR count). The maximum absolute atomic E-state index is 14.7. The van der Waals surface area contributed by atoms with E-state index in [4.69, 9.17) is 14.2 Å². The van der Waals surface area contributed by atoms with Crippen LogP contribution in [0.25, 0.3) is 0 Å². The van der Waals surface area contributed by atoms with Gasteiger partial charge in [-0.05, 0) is 70.5 Å². The summed E-state index contributed by atoms with van der Waals surface area (Å²) in [7, 11) is 0.390. The van der Waals surface area contributed by atoms with Crippen molar-refractivity contribution in [3.8, 4) is 0 Å². The summed E-state index contributed by atoms with van der Waals surface area (Å²) in [6.45, 7) is 14.9. The maximum atomic E-state index is 14.7. The fourth-order valence-electron chi connectivity index (χ4n) is 11.1. The molecule has 4 heterocycles. The van der Waals surface area contributed by atoms with Crippen molar-refractivity contribution in [2.45, 2.75) is 64.4 Å². The molecule has 0 N–H and O–H groups in total. The number of piperazine rings is 3. The Morgan fingerprint density at radius 1 is 0.833 bits per heavy atom. The molecule has 0 aromatic carbocycles. The summed E-state index contributed by atoms with van der Waals surface area (Å²) in [5.41, 5.74) is 0.441. The van der Waals surface area contributed by atoms with E-state index in [9.17, 15) is 18.0 Å². The molecule has 0 spiro atoms. The first-order chi connectivity index (χ1) is 25.7. The summed E-state index contributed by atoms with van der Waals surface area (Å²) in [5.74, 6) is 3.18. The first kappa shape index (κ1) is 38.0. The minimum absolute atomic E-state index is 0.120. The third-order valence-electron chi connectivity index (χ3n) is 14.6. The van der Waals surface area contributed by atoms with Crippen molar-refractivity contribution in [2.24, 2.45) is 22.7 Å². The molecule has 4 aliphatic carbocycles. The Kier molecular flexibility index (Phi) is 10.0. The largest absolute Gasteiger partial charge is 0.354 e. The van der Waals surface area contributed by atoms with Gasteiger partial charge in [0.2, 0.25) is 5.95 Å². The van der Waals surface area contributed by atoms with Crippen LogP contribution in [0.3, 0.4) is 0 Å². The van der Waals surface area contributed by atoms with Gasteiger partial charge in [-0.2, -0.15) is 18.4 Å².